The first-order chi connectivity index (χ1) is 9.09. The lowest BCUT2D eigenvalue weighted by atomic mass is 9.85. The number of rotatable bonds is 4. The van der Waals surface area contributed by atoms with Crippen molar-refractivity contribution in [3.05, 3.63) is 34.9 Å². The molecule has 1 fully saturated rings. The normalized spacial score (nSPS) is 33.5. The molecule has 0 saturated heterocycles. The number of fused-ring (bicyclic) bond motifs is 1. The fraction of sp³-hybridized carbons (Fsp3) is 0.667. The average molecular weight is 257 g/mol. The Hall–Kier alpha value is -0.820. The molecule has 0 aliphatic heterocycles. The molecule has 0 heterocycles. The average Bonchev–Trinajstić information content (AvgIpc) is 3.04. The summed E-state index contributed by atoms with van der Waals surface area (Å²) in [6.45, 7) is 7.11. The molecule has 0 amide bonds. The van der Waals surface area contributed by atoms with Gasteiger partial charge in [0.05, 0.1) is 0 Å². The first-order valence-electron chi connectivity index (χ1n) is 7.82. The van der Waals surface area contributed by atoms with Gasteiger partial charge in [0.2, 0.25) is 0 Å². The highest BCUT2D eigenvalue weighted by Gasteiger charge is 2.51. The molecule has 3 aliphatic carbocycles. The zero-order valence-electron chi connectivity index (χ0n) is 12.7. The van der Waals surface area contributed by atoms with Gasteiger partial charge < -0.3 is 4.90 Å². The van der Waals surface area contributed by atoms with Crippen LogP contribution in [0.1, 0.15) is 46.0 Å². The summed E-state index contributed by atoms with van der Waals surface area (Å²) in [4.78, 5) is 2.57. The van der Waals surface area contributed by atoms with Crippen LogP contribution in [0, 0.1) is 11.3 Å². The summed E-state index contributed by atoms with van der Waals surface area (Å²) in [6, 6.07) is 0. The summed E-state index contributed by atoms with van der Waals surface area (Å²) in [6.07, 6.45) is 13.7. The van der Waals surface area contributed by atoms with Gasteiger partial charge in [0, 0.05) is 18.5 Å². The van der Waals surface area contributed by atoms with Crippen LogP contribution in [0.2, 0.25) is 0 Å². The van der Waals surface area contributed by atoms with Gasteiger partial charge in [-0.25, -0.2) is 0 Å². The van der Waals surface area contributed by atoms with Crippen molar-refractivity contribution in [3.8, 4) is 0 Å². The molecule has 0 aromatic rings. The van der Waals surface area contributed by atoms with Gasteiger partial charge in [0.25, 0.3) is 0 Å². The van der Waals surface area contributed by atoms with E-state index in [-0.39, 0.29) is 0 Å². The Kier molecular flexibility index (Phi) is 3.42. The minimum absolute atomic E-state index is 0.575. The van der Waals surface area contributed by atoms with Gasteiger partial charge in [-0.3, -0.25) is 0 Å². The fourth-order valence-corrected chi connectivity index (χ4v) is 4.06. The summed E-state index contributed by atoms with van der Waals surface area (Å²) in [5, 5.41) is 0. The minimum Gasteiger partial charge on any atom is -0.302 e. The Labute approximate surface area is 118 Å². The van der Waals surface area contributed by atoms with Crippen LogP contribution in [0.4, 0.5) is 0 Å². The predicted octanol–water partition coefficient (Wildman–Crippen LogP) is 4.33. The monoisotopic (exact) mass is 257 g/mol. The summed E-state index contributed by atoms with van der Waals surface area (Å²) in [5.74, 6) is 0.887. The quantitative estimate of drug-likeness (QED) is 0.678. The molecule has 0 N–H and O–H groups in total. The maximum Gasteiger partial charge on any atom is 0.0196 e. The lowest BCUT2D eigenvalue weighted by Gasteiger charge is -2.29. The van der Waals surface area contributed by atoms with E-state index >= 15 is 0 Å². The number of nitrogens with zero attached hydrogens (tertiary/aromatic N) is 1. The molecule has 0 radical (unpaired) electrons. The molecule has 2 unspecified atom stereocenters. The van der Waals surface area contributed by atoms with Crippen LogP contribution in [0.3, 0.4) is 0 Å². The van der Waals surface area contributed by atoms with Crippen molar-refractivity contribution >= 4 is 0 Å². The molecule has 0 aromatic carbocycles. The highest BCUT2D eigenvalue weighted by Crippen LogP contribution is 2.59. The molecule has 1 nitrogen and oxygen atoms in total. The number of likely N-dealkylation sites (N-methyl/N-ethyl adjacent to an activating group) is 1. The van der Waals surface area contributed by atoms with Crippen molar-refractivity contribution in [3.63, 3.8) is 0 Å². The van der Waals surface area contributed by atoms with Crippen LogP contribution in [0.25, 0.3) is 0 Å². The minimum atomic E-state index is 0.575. The van der Waals surface area contributed by atoms with E-state index in [1.54, 1.807) is 11.1 Å². The zero-order valence-corrected chi connectivity index (χ0v) is 12.7. The van der Waals surface area contributed by atoms with Gasteiger partial charge in [-0.15, -0.1) is 0 Å². The molecule has 0 aromatic heterocycles. The van der Waals surface area contributed by atoms with Crippen LogP contribution in [0.5, 0.6) is 0 Å². The Bertz CT molecular complexity index is 454. The number of allylic oxidation sites excluding steroid dienone is 4. The van der Waals surface area contributed by atoms with E-state index in [9.17, 15) is 0 Å². The summed E-state index contributed by atoms with van der Waals surface area (Å²) in [7, 11) is 2.31. The lowest BCUT2D eigenvalue weighted by Crippen LogP contribution is -2.31. The van der Waals surface area contributed by atoms with Crippen molar-refractivity contribution in [2.45, 2.75) is 46.0 Å². The third kappa shape index (κ3) is 2.72. The second kappa shape index (κ2) is 4.94. The molecule has 1 saturated carbocycles. The topological polar surface area (TPSA) is 3.24 Å². The zero-order chi connectivity index (χ0) is 13.5. The van der Waals surface area contributed by atoms with Crippen LogP contribution >= 0.6 is 0 Å². The molecule has 3 aliphatic rings. The summed E-state index contributed by atoms with van der Waals surface area (Å²) < 4.78 is 0. The Morgan fingerprint density at radius 2 is 2.26 bits per heavy atom. The van der Waals surface area contributed by atoms with Crippen LogP contribution < -0.4 is 0 Å². The third-order valence-corrected chi connectivity index (χ3v) is 5.16. The SMILES string of the molecule is CC1=C(CN(C)CC23CC2=CCC(C)C3)CCC=C1. The first kappa shape index (κ1) is 13.2. The second-order valence-corrected chi connectivity index (χ2v) is 7.13. The van der Waals surface area contributed by atoms with Crippen LogP contribution in [0.15, 0.2) is 34.9 Å². The van der Waals surface area contributed by atoms with E-state index < -0.39 is 0 Å². The highest BCUT2D eigenvalue weighted by molar-refractivity contribution is 5.36. The van der Waals surface area contributed by atoms with E-state index in [1.807, 2.05) is 0 Å². The molecule has 104 valence electrons. The molecular weight excluding hydrogens is 230 g/mol. The van der Waals surface area contributed by atoms with Gasteiger partial charge in [-0.05, 0) is 52.0 Å². The summed E-state index contributed by atoms with van der Waals surface area (Å²) in [5.41, 5.74) is 5.48. The standard InChI is InChI=1S/C18H27N/c1-14-8-9-17-11-18(17,10-14)13-19(3)12-16-7-5-4-6-15(16)2/h4,6,9,14H,5,7-8,10-13H2,1-3H3. The molecule has 3 rings (SSSR count). The Morgan fingerprint density at radius 1 is 1.42 bits per heavy atom. The number of hydrogen-bond donors (Lipinski definition) is 0. The highest BCUT2D eigenvalue weighted by atomic mass is 15.1. The second-order valence-electron chi connectivity index (χ2n) is 7.13. The van der Waals surface area contributed by atoms with Gasteiger partial charge in [-0.1, -0.05) is 41.9 Å². The molecular formula is C18H27N. The Balaban J connectivity index is 1.61. The van der Waals surface area contributed by atoms with Crippen molar-refractivity contribution in [1.82, 2.24) is 4.90 Å². The van der Waals surface area contributed by atoms with Crippen LogP contribution in [-0.4, -0.2) is 25.0 Å². The maximum absolute atomic E-state index is 2.57. The van der Waals surface area contributed by atoms with Crippen molar-refractivity contribution < 1.29 is 0 Å². The lowest BCUT2D eigenvalue weighted by molar-refractivity contribution is 0.249. The largest absolute Gasteiger partial charge is 0.302 e. The first-order valence-corrected chi connectivity index (χ1v) is 7.82. The number of hydrogen-bond acceptors (Lipinski definition) is 1. The molecule has 2 atom stereocenters. The van der Waals surface area contributed by atoms with Gasteiger partial charge in [0.15, 0.2) is 0 Å². The van der Waals surface area contributed by atoms with E-state index in [0.717, 1.165) is 5.92 Å². The van der Waals surface area contributed by atoms with E-state index in [0.29, 0.717) is 5.41 Å². The third-order valence-electron chi connectivity index (χ3n) is 5.16. The Morgan fingerprint density at radius 3 is 3.05 bits per heavy atom. The van der Waals surface area contributed by atoms with E-state index in [4.69, 9.17) is 0 Å². The predicted molar refractivity (Wildman–Crippen MR) is 82.1 cm³/mol. The van der Waals surface area contributed by atoms with E-state index in [2.05, 4.69) is 44.0 Å². The smallest absolute Gasteiger partial charge is 0.0196 e. The molecule has 0 bridgehead atoms. The van der Waals surface area contributed by atoms with Gasteiger partial charge >= 0.3 is 0 Å². The molecule has 0 spiro atoms. The maximum atomic E-state index is 2.57. The van der Waals surface area contributed by atoms with Crippen molar-refractivity contribution in [2.75, 3.05) is 20.1 Å². The van der Waals surface area contributed by atoms with Crippen LogP contribution in [-0.2, 0) is 0 Å². The van der Waals surface area contributed by atoms with Crippen molar-refractivity contribution in [1.29, 1.82) is 0 Å². The molecule has 1 heteroatoms. The van der Waals surface area contributed by atoms with Gasteiger partial charge in [0.1, 0.15) is 0 Å². The van der Waals surface area contributed by atoms with Crippen molar-refractivity contribution in [2.24, 2.45) is 11.3 Å². The molecule has 19 heavy (non-hydrogen) atoms. The fourth-order valence-electron chi connectivity index (χ4n) is 4.06. The van der Waals surface area contributed by atoms with E-state index in [1.165, 1.54) is 50.8 Å². The van der Waals surface area contributed by atoms with Gasteiger partial charge in [-0.2, -0.15) is 0 Å². The summed E-state index contributed by atoms with van der Waals surface area (Å²) >= 11 is 0.